The number of anilines is 1. The molecule has 3 N–H and O–H groups in total. The number of nitrogens with two attached hydrogens (primary N) is 1. The van der Waals surface area contributed by atoms with Crippen molar-refractivity contribution in [2.24, 2.45) is 0 Å². The number of fused-ring (bicyclic) bond motifs is 2. The zero-order chi connectivity index (χ0) is 21.8. The van der Waals surface area contributed by atoms with Crippen LogP contribution in [-0.4, -0.2) is 47.4 Å². The molecule has 0 radical (unpaired) electrons. The van der Waals surface area contributed by atoms with Crippen molar-refractivity contribution in [3.05, 3.63) is 60.7 Å². The number of benzene rings is 2. The van der Waals surface area contributed by atoms with Crippen LogP contribution in [0.15, 0.2) is 59.8 Å². The van der Waals surface area contributed by atoms with E-state index in [2.05, 4.69) is 15.3 Å². The highest BCUT2D eigenvalue weighted by molar-refractivity contribution is 7.89. The largest absolute Gasteiger partial charge is 0.382 e. The van der Waals surface area contributed by atoms with Gasteiger partial charge in [0.15, 0.2) is 0 Å². The SMILES string of the molecule is C[C@@]12CN[C@@H](CN1S(=O)(=O)c1ccccc1-c1ccc(-c3cnc(N)cn3)c(F)c1)C2. The number of hydrogen-bond donors (Lipinski definition) is 2. The Morgan fingerprint density at radius 1 is 1.16 bits per heavy atom. The monoisotopic (exact) mass is 439 g/mol. The van der Waals surface area contributed by atoms with Gasteiger partial charge in [0.2, 0.25) is 10.0 Å². The van der Waals surface area contributed by atoms with Crippen molar-refractivity contribution >= 4 is 15.8 Å². The molecule has 2 saturated heterocycles. The van der Waals surface area contributed by atoms with Crippen LogP contribution in [0.2, 0.25) is 0 Å². The van der Waals surface area contributed by atoms with Gasteiger partial charge in [-0.3, -0.25) is 4.98 Å². The van der Waals surface area contributed by atoms with E-state index in [0.29, 0.717) is 29.9 Å². The molecular weight excluding hydrogens is 417 g/mol. The normalized spacial score (nSPS) is 23.4. The summed E-state index contributed by atoms with van der Waals surface area (Å²) in [7, 11) is -3.75. The molecule has 2 aliphatic rings. The molecule has 1 aromatic heterocycles. The predicted octanol–water partition coefficient (Wildman–Crippen LogP) is 2.66. The van der Waals surface area contributed by atoms with Gasteiger partial charge in [-0.05, 0) is 37.1 Å². The molecule has 2 fully saturated rings. The summed E-state index contributed by atoms with van der Waals surface area (Å²) in [5.74, 6) is -0.264. The van der Waals surface area contributed by atoms with Crippen LogP contribution in [0.1, 0.15) is 13.3 Å². The number of hydrogen-bond acceptors (Lipinski definition) is 6. The van der Waals surface area contributed by atoms with Crippen molar-refractivity contribution in [2.45, 2.75) is 29.8 Å². The molecule has 9 heteroatoms. The van der Waals surface area contributed by atoms with E-state index in [1.54, 1.807) is 40.7 Å². The predicted molar refractivity (Wildman–Crippen MR) is 116 cm³/mol. The number of nitrogens with one attached hydrogen (secondary N) is 1. The third-order valence-electron chi connectivity index (χ3n) is 6.13. The van der Waals surface area contributed by atoms with Crippen LogP contribution in [0.4, 0.5) is 10.2 Å². The lowest BCUT2D eigenvalue weighted by atomic mass is 10.0. The molecule has 7 nitrogen and oxygen atoms in total. The zero-order valence-electron chi connectivity index (χ0n) is 16.9. The van der Waals surface area contributed by atoms with E-state index in [1.165, 1.54) is 18.5 Å². The molecule has 0 saturated carbocycles. The van der Waals surface area contributed by atoms with E-state index in [9.17, 15) is 12.8 Å². The van der Waals surface area contributed by atoms with Crippen molar-refractivity contribution in [3.63, 3.8) is 0 Å². The molecule has 0 unspecified atom stereocenters. The molecule has 2 bridgehead atoms. The van der Waals surface area contributed by atoms with Gasteiger partial charge in [-0.1, -0.05) is 24.3 Å². The highest BCUT2D eigenvalue weighted by Crippen LogP contribution is 2.40. The standard InChI is InChI=1S/C22H22FN5O2S/c1-22-9-15(27-13-22)12-28(22)31(29,30)20-5-3-2-4-16(20)14-6-7-17(18(23)8-14)19-10-26-21(24)11-25-19/h2-8,10-11,15,27H,9,12-13H2,1H3,(H2,24,26)/t15-,22-/m1/s1. The van der Waals surface area contributed by atoms with Crippen LogP contribution in [-0.2, 0) is 10.0 Å². The van der Waals surface area contributed by atoms with Gasteiger partial charge in [0.1, 0.15) is 11.6 Å². The Bertz CT molecular complexity index is 1270. The molecule has 5 rings (SSSR count). The average molecular weight is 440 g/mol. The van der Waals surface area contributed by atoms with Gasteiger partial charge >= 0.3 is 0 Å². The van der Waals surface area contributed by atoms with Crippen molar-refractivity contribution < 1.29 is 12.8 Å². The number of nitrogens with zero attached hydrogens (tertiary/aromatic N) is 3. The number of piperazine rings is 1. The molecule has 31 heavy (non-hydrogen) atoms. The Balaban J connectivity index is 1.56. The van der Waals surface area contributed by atoms with E-state index < -0.39 is 21.4 Å². The second kappa shape index (κ2) is 7.08. The highest BCUT2D eigenvalue weighted by atomic mass is 32.2. The molecule has 0 spiro atoms. The van der Waals surface area contributed by atoms with Gasteiger partial charge in [-0.25, -0.2) is 17.8 Å². The summed E-state index contributed by atoms with van der Waals surface area (Å²) in [6.07, 6.45) is 3.56. The van der Waals surface area contributed by atoms with Crippen LogP contribution in [0.3, 0.4) is 0 Å². The molecule has 0 amide bonds. The minimum Gasteiger partial charge on any atom is -0.382 e. The first-order valence-electron chi connectivity index (χ1n) is 10.0. The zero-order valence-corrected chi connectivity index (χ0v) is 17.7. The third-order valence-corrected chi connectivity index (χ3v) is 8.21. The van der Waals surface area contributed by atoms with E-state index in [1.807, 2.05) is 6.92 Å². The minimum absolute atomic E-state index is 0.171. The Hall–Kier alpha value is -2.88. The Kier molecular flexibility index (Phi) is 4.58. The lowest BCUT2D eigenvalue weighted by Crippen LogP contribution is -2.53. The number of sulfonamides is 1. The third kappa shape index (κ3) is 3.29. The lowest BCUT2D eigenvalue weighted by molar-refractivity contribution is 0.252. The second-order valence-corrected chi connectivity index (χ2v) is 10.2. The Morgan fingerprint density at radius 2 is 1.97 bits per heavy atom. The summed E-state index contributed by atoms with van der Waals surface area (Å²) in [5, 5.41) is 3.35. The minimum atomic E-state index is -3.75. The van der Waals surface area contributed by atoms with Crippen LogP contribution in [0.5, 0.6) is 0 Å². The maximum absolute atomic E-state index is 15.0. The molecule has 3 heterocycles. The summed E-state index contributed by atoms with van der Waals surface area (Å²) in [4.78, 5) is 8.25. The first-order chi connectivity index (χ1) is 14.8. The van der Waals surface area contributed by atoms with E-state index in [4.69, 9.17) is 5.73 Å². The van der Waals surface area contributed by atoms with Crippen LogP contribution < -0.4 is 11.1 Å². The van der Waals surface area contributed by atoms with Crippen LogP contribution in [0, 0.1) is 5.82 Å². The van der Waals surface area contributed by atoms with E-state index in [-0.39, 0.29) is 22.3 Å². The highest BCUT2D eigenvalue weighted by Gasteiger charge is 2.52. The fourth-order valence-corrected chi connectivity index (χ4v) is 6.63. The molecule has 160 valence electrons. The number of nitrogen functional groups attached to an aromatic ring is 1. The maximum Gasteiger partial charge on any atom is 0.244 e. The first kappa shape index (κ1) is 20.0. The quantitative estimate of drug-likeness (QED) is 0.648. The summed E-state index contributed by atoms with van der Waals surface area (Å²) >= 11 is 0. The van der Waals surface area contributed by atoms with Crippen LogP contribution in [0.25, 0.3) is 22.4 Å². The molecule has 3 aromatic rings. The maximum atomic E-state index is 15.0. The van der Waals surface area contributed by atoms with Crippen molar-refractivity contribution in [1.29, 1.82) is 0 Å². The van der Waals surface area contributed by atoms with E-state index >= 15 is 0 Å². The first-order valence-corrected chi connectivity index (χ1v) is 11.4. The number of rotatable bonds is 4. The summed E-state index contributed by atoms with van der Waals surface area (Å²) in [6.45, 7) is 3.04. The summed E-state index contributed by atoms with van der Waals surface area (Å²) in [6, 6.07) is 11.5. The van der Waals surface area contributed by atoms with Crippen molar-refractivity contribution in [2.75, 3.05) is 18.8 Å². The smallest absolute Gasteiger partial charge is 0.244 e. The molecule has 0 aliphatic carbocycles. The summed E-state index contributed by atoms with van der Waals surface area (Å²) in [5.41, 5.74) is 6.68. The summed E-state index contributed by atoms with van der Waals surface area (Å²) < 4.78 is 43.8. The van der Waals surface area contributed by atoms with Crippen LogP contribution >= 0.6 is 0 Å². The Labute approximate surface area is 180 Å². The fraction of sp³-hybridized carbons (Fsp3) is 0.273. The molecule has 2 aromatic carbocycles. The number of aromatic nitrogens is 2. The number of halogens is 1. The van der Waals surface area contributed by atoms with E-state index in [0.717, 1.165) is 6.42 Å². The average Bonchev–Trinajstić information content (AvgIpc) is 3.30. The molecule has 2 atom stereocenters. The van der Waals surface area contributed by atoms with Gasteiger partial charge in [0.05, 0.1) is 23.0 Å². The van der Waals surface area contributed by atoms with Gasteiger partial charge in [-0.2, -0.15) is 4.31 Å². The molecular formula is C22H22FN5O2S. The topological polar surface area (TPSA) is 101 Å². The van der Waals surface area contributed by atoms with Crippen molar-refractivity contribution in [3.8, 4) is 22.4 Å². The lowest BCUT2D eigenvalue weighted by Gasteiger charge is -2.35. The van der Waals surface area contributed by atoms with Gasteiger partial charge in [0, 0.05) is 35.8 Å². The fourth-order valence-electron chi connectivity index (χ4n) is 4.58. The van der Waals surface area contributed by atoms with Crippen molar-refractivity contribution in [1.82, 2.24) is 19.6 Å². The Morgan fingerprint density at radius 3 is 2.61 bits per heavy atom. The molecule has 2 aliphatic heterocycles. The van der Waals surface area contributed by atoms with Gasteiger partial charge < -0.3 is 11.1 Å². The second-order valence-electron chi connectivity index (χ2n) is 8.33. The van der Waals surface area contributed by atoms with Gasteiger partial charge in [-0.15, -0.1) is 0 Å². The van der Waals surface area contributed by atoms with Gasteiger partial charge in [0.25, 0.3) is 0 Å².